The van der Waals surface area contributed by atoms with E-state index in [0.29, 0.717) is 0 Å². The first kappa shape index (κ1) is 11.4. The van der Waals surface area contributed by atoms with Crippen LogP contribution in [0.3, 0.4) is 0 Å². The monoisotopic (exact) mass is 324 g/mol. The van der Waals surface area contributed by atoms with Crippen molar-refractivity contribution in [1.29, 1.82) is 0 Å². The van der Waals surface area contributed by atoms with E-state index in [2.05, 4.69) is 57.2 Å². The molecule has 0 radical (unpaired) electrons. The van der Waals surface area contributed by atoms with Gasteiger partial charge in [0.1, 0.15) is 0 Å². The molecular formula is C13H13IN2. The van der Waals surface area contributed by atoms with Gasteiger partial charge in [-0.15, -0.1) is 0 Å². The normalized spacial score (nSPS) is 10.1. The summed E-state index contributed by atoms with van der Waals surface area (Å²) in [7, 11) is 0. The van der Waals surface area contributed by atoms with Crippen LogP contribution in [0.25, 0.3) is 0 Å². The molecule has 0 aliphatic rings. The van der Waals surface area contributed by atoms with Crippen molar-refractivity contribution in [3.63, 3.8) is 0 Å². The molecule has 0 saturated carbocycles. The number of benzene rings is 1. The third-order valence-corrected chi connectivity index (χ3v) is 3.27. The Balaban J connectivity index is 1.87. The smallest absolute Gasteiger partial charge is 0.0475 e. The van der Waals surface area contributed by atoms with Crippen LogP contribution in [0, 0.1) is 3.57 Å². The molecule has 1 aromatic carbocycles. The maximum atomic E-state index is 4.10. The van der Waals surface area contributed by atoms with E-state index in [1.807, 2.05) is 18.3 Å². The van der Waals surface area contributed by atoms with Gasteiger partial charge in [0, 0.05) is 28.2 Å². The minimum atomic E-state index is 0.936. The van der Waals surface area contributed by atoms with Crippen LogP contribution in [-0.4, -0.2) is 11.5 Å². The van der Waals surface area contributed by atoms with Gasteiger partial charge in [0.2, 0.25) is 0 Å². The fourth-order valence-corrected chi connectivity index (χ4v) is 2.07. The van der Waals surface area contributed by atoms with Crippen LogP contribution in [0.15, 0.2) is 48.8 Å². The number of pyridine rings is 1. The molecule has 2 nitrogen and oxygen atoms in total. The largest absolute Gasteiger partial charge is 0.384 e. The molecule has 2 aromatic rings. The number of hydrogen-bond donors (Lipinski definition) is 1. The highest BCUT2D eigenvalue weighted by molar-refractivity contribution is 14.1. The van der Waals surface area contributed by atoms with E-state index < -0.39 is 0 Å². The van der Waals surface area contributed by atoms with Gasteiger partial charge in [-0.3, -0.25) is 4.98 Å². The lowest BCUT2D eigenvalue weighted by molar-refractivity contribution is 1.00. The Hall–Kier alpha value is -1.10. The van der Waals surface area contributed by atoms with E-state index in [9.17, 15) is 0 Å². The van der Waals surface area contributed by atoms with Crippen molar-refractivity contribution >= 4 is 28.3 Å². The second-order valence-corrected chi connectivity index (χ2v) is 4.68. The summed E-state index contributed by atoms with van der Waals surface area (Å²) in [5.74, 6) is 0. The molecule has 0 saturated heterocycles. The van der Waals surface area contributed by atoms with Gasteiger partial charge in [0.05, 0.1) is 0 Å². The zero-order chi connectivity index (χ0) is 11.2. The first-order valence-electron chi connectivity index (χ1n) is 5.23. The molecule has 0 aliphatic carbocycles. The summed E-state index contributed by atoms with van der Waals surface area (Å²) in [5.41, 5.74) is 2.47. The zero-order valence-corrected chi connectivity index (χ0v) is 11.0. The summed E-state index contributed by atoms with van der Waals surface area (Å²) in [6, 6.07) is 12.4. The Morgan fingerprint density at radius 1 is 1.12 bits per heavy atom. The molecule has 1 aromatic heterocycles. The van der Waals surface area contributed by atoms with Crippen LogP contribution in [0.1, 0.15) is 5.56 Å². The maximum Gasteiger partial charge on any atom is 0.0475 e. The summed E-state index contributed by atoms with van der Waals surface area (Å²) < 4.78 is 1.26. The Morgan fingerprint density at radius 2 is 2.00 bits per heavy atom. The molecule has 0 spiro atoms. The minimum absolute atomic E-state index is 0.936. The predicted octanol–water partition coefficient (Wildman–Crippen LogP) is 3.34. The lowest BCUT2D eigenvalue weighted by Crippen LogP contribution is -2.05. The van der Waals surface area contributed by atoms with E-state index in [0.717, 1.165) is 13.0 Å². The van der Waals surface area contributed by atoms with E-state index >= 15 is 0 Å². The number of aromatic nitrogens is 1. The summed E-state index contributed by atoms with van der Waals surface area (Å²) in [6.45, 7) is 0.936. The molecule has 0 bridgehead atoms. The molecule has 0 fully saturated rings. The molecule has 0 unspecified atom stereocenters. The Labute approximate surface area is 109 Å². The number of nitrogens with one attached hydrogen (secondary N) is 1. The van der Waals surface area contributed by atoms with Crippen LogP contribution in [-0.2, 0) is 6.42 Å². The summed E-state index contributed by atoms with van der Waals surface area (Å²) in [4.78, 5) is 4.10. The van der Waals surface area contributed by atoms with Gasteiger partial charge in [0.25, 0.3) is 0 Å². The topological polar surface area (TPSA) is 24.9 Å². The molecule has 16 heavy (non-hydrogen) atoms. The van der Waals surface area contributed by atoms with Crippen LogP contribution in [0.2, 0.25) is 0 Å². The average Bonchev–Trinajstić information content (AvgIpc) is 2.33. The number of para-hydroxylation sites is 1. The van der Waals surface area contributed by atoms with Gasteiger partial charge in [0.15, 0.2) is 0 Å². The Morgan fingerprint density at radius 3 is 2.75 bits per heavy atom. The van der Waals surface area contributed by atoms with Crippen molar-refractivity contribution in [2.75, 3.05) is 11.9 Å². The number of halogens is 1. The average molecular weight is 324 g/mol. The quantitative estimate of drug-likeness (QED) is 0.873. The van der Waals surface area contributed by atoms with Gasteiger partial charge < -0.3 is 5.32 Å². The van der Waals surface area contributed by atoms with E-state index in [1.165, 1.54) is 14.8 Å². The summed E-state index contributed by atoms with van der Waals surface area (Å²) >= 11 is 2.34. The SMILES string of the molecule is Ic1ccccc1NCCc1cccnc1. The van der Waals surface area contributed by atoms with Crippen LogP contribution < -0.4 is 5.32 Å². The Bertz CT molecular complexity index is 443. The fourth-order valence-electron chi connectivity index (χ4n) is 1.49. The van der Waals surface area contributed by atoms with Crippen LogP contribution in [0.4, 0.5) is 5.69 Å². The standard InChI is InChI=1S/C13H13IN2/c14-12-5-1-2-6-13(12)16-9-7-11-4-3-8-15-10-11/h1-6,8,10,16H,7,9H2. The Kier molecular flexibility index (Phi) is 4.16. The van der Waals surface area contributed by atoms with Gasteiger partial charge in [-0.2, -0.15) is 0 Å². The van der Waals surface area contributed by atoms with Crippen molar-refractivity contribution in [1.82, 2.24) is 4.98 Å². The van der Waals surface area contributed by atoms with Gasteiger partial charge >= 0.3 is 0 Å². The molecule has 82 valence electrons. The predicted molar refractivity (Wildman–Crippen MR) is 75.6 cm³/mol. The summed E-state index contributed by atoms with van der Waals surface area (Å²) in [5, 5.41) is 3.43. The molecule has 3 heteroatoms. The maximum absolute atomic E-state index is 4.10. The van der Waals surface area contributed by atoms with E-state index in [4.69, 9.17) is 0 Å². The van der Waals surface area contributed by atoms with E-state index in [1.54, 1.807) is 6.20 Å². The third-order valence-electron chi connectivity index (χ3n) is 2.33. The summed E-state index contributed by atoms with van der Waals surface area (Å²) in [6.07, 6.45) is 4.72. The number of nitrogens with zero attached hydrogens (tertiary/aromatic N) is 1. The highest BCUT2D eigenvalue weighted by atomic mass is 127. The van der Waals surface area contributed by atoms with Gasteiger partial charge in [-0.1, -0.05) is 18.2 Å². The van der Waals surface area contributed by atoms with Gasteiger partial charge in [-0.25, -0.2) is 0 Å². The zero-order valence-electron chi connectivity index (χ0n) is 8.86. The minimum Gasteiger partial charge on any atom is -0.384 e. The van der Waals surface area contributed by atoms with Crippen molar-refractivity contribution in [2.24, 2.45) is 0 Å². The lowest BCUT2D eigenvalue weighted by atomic mass is 10.2. The number of rotatable bonds is 4. The molecular weight excluding hydrogens is 311 g/mol. The molecule has 1 heterocycles. The second kappa shape index (κ2) is 5.84. The van der Waals surface area contributed by atoms with Crippen LogP contribution >= 0.6 is 22.6 Å². The highest BCUT2D eigenvalue weighted by Crippen LogP contribution is 2.16. The number of anilines is 1. The van der Waals surface area contributed by atoms with Crippen molar-refractivity contribution in [3.8, 4) is 0 Å². The molecule has 2 rings (SSSR count). The molecule has 1 N–H and O–H groups in total. The first-order valence-corrected chi connectivity index (χ1v) is 6.31. The van der Waals surface area contributed by atoms with Crippen LogP contribution in [0.5, 0.6) is 0 Å². The second-order valence-electron chi connectivity index (χ2n) is 3.52. The first-order chi connectivity index (χ1) is 7.86. The van der Waals surface area contributed by atoms with E-state index in [-0.39, 0.29) is 0 Å². The molecule has 0 amide bonds. The van der Waals surface area contributed by atoms with Crippen molar-refractivity contribution in [2.45, 2.75) is 6.42 Å². The number of hydrogen-bond acceptors (Lipinski definition) is 2. The fraction of sp³-hybridized carbons (Fsp3) is 0.154. The molecule has 0 aliphatic heterocycles. The van der Waals surface area contributed by atoms with Crippen molar-refractivity contribution in [3.05, 3.63) is 57.9 Å². The third kappa shape index (κ3) is 3.20. The lowest BCUT2D eigenvalue weighted by Gasteiger charge is -2.07. The molecule has 0 atom stereocenters. The van der Waals surface area contributed by atoms with Crippen molar-refractivity contribution < 1.29 is 0 Å². The van der Waals surface area contributed by atoms with Gasteiger partial charge in [-0.05, 0) is 52.8 Å². The highest BCUT2D eigenvalue weighted by Gasteiger charge is 1.97.